The summed E-state index contributed by atoms with van der Waals surface area (Å²) in [6.45, 7) is 0.712. The molecule has 0 aromatic carbocycles. The molecule has 1 aromatic rings. The molecule has 18 heavy (non-hydrogen) atoms. The van der Waals surface area contributed by atoms with Crippen LogP contribution < -0.4 is 0 Å². The highest BCUT2D eigenvalue weighted by Gasteiger charge is 2.22. The first-order valence-electron chi connectivity index (χ1n) is 6.66. The van der Waals surface area contributed by atoms with Gasteiger partial charge in [-0.3, -0.25) is 9.59 Å². The van der Waals surface area contributed by atoms with Crippen molar-refractivity contribution >= 4 is 11.6 Å². The fourth-order valence-corrected chi connectivity index (χ4v) is 2.90. The van der Waals surface area contributed by atoms with Gasteiger partial charge in [0.1, 0.15) is 0 Å². The van der Waals surface area contributed by atoms with E-state index in [1.54, 1.807) is 6.08 Å². The fourth-order valence-electron chi connectivity index (χ4n) is 2.90. The lowest BCUT2D eigenvalue weighted by Gasteiger charge is -2.16. The third kappa shape index (κ3) is 2.05. The Labute approximate surface area is 106 Å². The maximum absolute atomic E-state index is 11.8. The highest BCUT2D eigenvalue weighted by atomic mass is 16.1. The maximum atomic E-state index is 11.8. The van der Waals surface area contributed by atoms with Gasteiger partial charge in [0.2, 0.25) is 0 Å². The quantitative estimate of drug-likeness (QED) is 0.800. The van der Waals surface area contributed by atoms with Crippen LogP contribution in [-0.2, 0) is 17.8 Å². The summed E-state index contributed by atoms with van der Waals surface area (Å²) in [6.07, 6.45) is 12.2. The van der Waals surface area contributed by atoms with E-state index >= 15 is 0 Å². The number of carbonyl (C=O) groups excluding carboxylic acids is 2. The number of fused-ring (bicyclic) bond motifs is 1. The number of aromatic nitrogens is 1. The minimum absolute atomic E-state index is 0.0824. The first-order valence-corrected chi connectivity index (χ1v) is 6.66. The van der Waals surface area contributed by atoms with E-state index in [-0.39, 0.29) is 17.5 Å². The topological polar surface area (TPSA) is 39.1 Å². The van der Waals surface area contributed by atoms with Crippen LogP contribution in [0.5, 0.6) is 0 Å². The molecule has 1 atom stereocenters. The second kappa shape index (κ2) is 4.56. The lowest BCUT2D eigenvalue weighted by atomic mass is 9.93. The van der Waals surface area contributed by atoms with E-state index < -0.39 is 0 Å². The summed E-state index contributed by atoms with van der Waals surface area (Å²) in [5.41, 5.74) is 2.03. The number of rotatable bonds is 2. The first kappa shape index (κ1) is 11.5. The summed E-state index contributed by atoms with van der Waals surface area (Å²) in [5.74, 6) is 0.558. The zero-order valence-electron chi connectivity index (χ0n) is 10.4. The normalized spacial score (nSPS) is 23.2. The van der Waals surface area contributed by atoms with Crippen molar-refractivity contribution in [2.75, 3.05) is 0 Å². The Hall–Kier alpha value is -1.64. The zero-order valence-corrected chi connectivity index (χ0v) is 10.4. The predicted molar refractivity (Wildman–Crippen MR) is 68.6 cm³/mol. The fraction of sp³-hybridized carbons (Fsp3) is 0.467. The van der Waals surface area contributed by atoms with E-state index in [1.807, 2.05) is 16.8 Å². The van der Waals surface area contributed by atoms with Crippen molar-refractivity contribution in [2.45, 2.75) is 38.6 Å². The molecule has 3 nitrogen and oxygen atoms in total. The Bertz CT molecular complexity index is 525. The number of carbonyl (C=O) groups is 2. The SMILES string of the molecule is O=C1CCCc2cn(CC3CCC=CC3=O)cc21. The average molecular weight is 243 g/mol. The zero-order chi connectivity index (χ0) is 12.5. The van der Waals surface area contributed by atoms with Gasteiger partial charge in [0.15, 0.2) is 11.6 Å². The number of allylic oxidation sites excluding steroid dienone is 2. The van der Waals surface area contributed by atoms with E-state index in [2.05, 4.69) is 6.20 Å². The van der Waals surface area contributed by atoms with Gasteiger partial charge in [-0.1, -0.05) is 6.08 Å². The van der Waals surface area contributed by atoms with Gasteiger partial charge in [-0.25, -0.2) is 0 Å². The van der Waals surface area contributed by atoms with Crippen molar-refractivity contribution in [3.8, 4) is 0 Å². The smallest absolute Gasteiger partial charge is 0.164 e. The van der Waals surface area contributed by atoms with Gasteiger partial charge >= 0.3 is 0 Å². The highest BCUT2D eigenvalue weighted by molar-refractivity contribution is 5.98. The molecule has 0 aliphatic heterocycles. The molecule has 2 aliphatic carbocycles. The number of ketones is 2. The van der Waals surface area contributed by atoms with Gasteiger partial charge in [-0.2, -0.15) is 0 Å². The monoisotopic (exact) mass is 243 g/mol. The lowest BCUT2D eigenvalue weighted by molar-refractivity contribution is -0.119. The molecule has 2 aliphatic rings. The van der Waals surface area contributed by atoms with E-state index in [4.69, 9.17) is 0 Å². The number of hydrogen-bond donors (Lipinski definition) is 0. The van der Waals surface area contributed by atoms with Crippen LogP contribution in [0.1, 0.15) is 41.6 Å². The Morgan fingerprint density at radius 2 is 2.11 bits per heavy atom. The first-order chi connectivity index (χ1) is 8.74. The van der Waals surface area contributed by atoms with Crippen LogP contribution in [0.3, 0.4) is 0 Å². The molecular formula is C15H17NO2. The summed E-state index contributed by atoms with van der Waals surface area (Å²) in [7, 11) is 0. The summed E-state index contributed by atoms with van der Waals surface area (Å²) in [5, 5.41) is 0. The van der Waals surface area contributed by atoms with Gasteiger partial charge in [-0.05, 0) is 37.3 Å². The Morgan fingerprint density at radius 3 is 2.89 bits per heavy atom. The average Bonchev–Trinajstić information content (AvgIpc) is 2.76. The second-order valence-corrected chi connectivity index (χ2v) is 5.25. The molecule has 0 bridgehead atoms. The molecule has 0 N–H and O–H groups in total. The molecule has 1 unspecified atom stereocenters. The van der Waals surface area contributed by atoms with Gasteiger partial charge < -0.3 is 4.57 Å². The molecule has 0 fully saturated rings. The van der Waals surface area contributed by atoms with Crippen LogP contribution >= 0.6 is 0 Å². The van der Waals surface area contributed by atoms with Crippen molar-refractivity contribution in [1.82, 2.24) is 4.57 Å². The molecule has 1 heterocycles. The van der Waals surface area contributed by atoms with Crippen LogP contribution in [0.4, 0.5) is 0 Å². The van der Waals surface area contributed by atoms with Crippen molar-refractivity contribution in [3.05, 3.63) is 35.7 Å². The molecule has 0 radical (unpaired) electrons. The van der Waals surface area contributed by atoms with Crippen LogP contribution in [0, 0.1) is 5.92 Å². The van der Waals surface area contributed by atoms with Gasteiger partial charge in [0, 0.05) is 36.8 Å². The minimum atomic E-state index is 0.0824. The van der Waals surface area contributed by atoms with E-state index in [0.717, 1.165) is 36.8 Å². The number of nitrogens with zero attached hydrogens (tertiary/aromatic N) is 1. The van der Waals surface area contributed by atoms with Crippen LogP contribution in [0.15, 0.2) is 24.5 Å². The third-order valence-corrected chi connectivity index (χ3v) is 3.91. The lowest BCUT2D eigenvalue weighted by Crippen LogP contribution is -2.20. The number of aryl methyl sites for hydroxylation is 1. The van der Waals surface area contributed by atoms with Crippen molar-refractivity contribution in [3.63, 3.8) is 0 Å². The Morgan fingerprint density at radius 1 is 1.22 bits per heavy atom. The Kier molecular flexibility index (Phi) is 2.90. The molecule has 0 spiro atoms. The minimum Gasteiger partial charge on any atom is -0.352 e. The van der Waals surface area contributed by atoms with Crippen molar-refractivity contribution in [2.24, 2.45) is 5.92 Å². The second-order valence-electron chi connectivity index (χ2n) is 5.25. The molecule has 3 rings (SSSR count). The van der Waals surface area contributed by atoms with Crippen LogP contribution in [0.2, 0.25) is 0 Å². The molecule has 1 aromatic heterocycles. The molecule has 0 amide bonds. The highest BCUT2D eigenvalue weighted by Crippen LogP contribution is 2.24. The van der Waals surface area contributed by atoms with Crippen molar-refractivity contribution in [1.29, 1.82) is 0 Å². The van der Waals surface area contributed by atoms with E-state index in [9.17, 15) is 9.59 Å². The van der Waals surface area contributed by atoms with Crippen LogP contribution in [-0.4, -0.2) is 16.1 Å². The largest absolute Gasteiger partial charge is 0.352 e. The summed E-state index contributed by atoms with van der Waals surface area (Å²) in [4.78, 5) is 23.5. The molecule has 94 valence electrons. The summed E-state index contributed by atoms with van der Waals surface area (Å²) >= 11 is 0. The standard InChI is InChI=1S/C15H17NO2/c17-14-6-2-1-4-12(14)9-16-8-11-5-3-7-15(18)13(11)10-16/h2,6,8,10,12H,1,3-5,7,9H2. The van der Waals surface area contributed by atoms with E-state index in [1.165, 1.54) is 0 Å². The molecular weight excluding hydrogens is 226 g/mol. The van der Waals surface area contributed by atoms with E-state index in [0.29, 0.717) is 13.0 Å². The summed E-state index contributed by atoms with van der Waals surface area (Å²) in [6, 6.07) is 0. The summed E-state index contributed by atoms with van der Waals surface area (Å²) < 4.78 is 2.04. The molecule has 3 heteroatoms. The molecule has 0 saturated carbocycles. The predicted octanol–water partition coefficient (Wildman–Crippen LogP) is 2.54. The van der Waals surface area contributed by atoms with Crippen molar-refractivity contribution < 1.29 is 9.59 Å². The number of hydrogen-bond acceptors (Lipinski definition) is 2. The third-order valence-electron chi connectivity index (χ3n) is 3.91. The van der Waals surface area contributed by atoms with Gasteiger partial charge in [0.05, 0.1) is 0 Å². The maximum Gasteiger partial charge on any atom is 0.164 e. The molecule has 0 saturated heterocycles. The number of Topliss-reactive ketones (excluding diaryl/α,β-unsaturated/α-hetero) is 1. The Balaban J connectivity index is 1.79. The van der Waals surface area contributed by atoms with Crippen LogP contribution in [0.25, 0.3) is 0 Å². The van der Waals surface area contributed by atoms with Gasteiger partial charge in [-0.15, -0.1) is 0 Å². The van der Waals surface area contributed by atoms with Gasteiger partial charge in [0.25, 0.3) is 0 Å².